The highest BCUT2D eigenvalue weighted by Gasteiger charge is 2.18. The molecule has 4 aromatic rings. The second-order valence-electron chi connectivity index (χ2n) is 7.83. The van der Waals surface area contributed by atoms with E-state index in [2.05, 4.69) is 10.3 Å². The average molecular weight is 427 g/mol. The Balaban J connectivity index is 1.76. The molecule has 0 aliphatic carbocycles. The molecule has 0 spiro atoms. The number of likely N-dealkylation sites (N-methyl/N-ethyl adjacent to an activating group) is 1. The number of aromatic nitrogens is 1. The Morgan fingerprint density at radius 3 is 2.47 bits per heavy atom. The van der Waals surface area contributed by atoms with Crippen LogP contribution in [0, 0.1) is 0 Å². The maximum absolute atomic E-state index is 12.6. The molecule has 4 rings (SSSR count). The molecule has 0 saturated carbocycles. The van der Waals surface area contributed by atoms with Crippen LogP contribution in [0.5, 0.6) is 5.88 Å². The lowest BCUT2D eigenvalue weighted by atomic mass is 10.0. The zero-order chi connectivity index (χ0) is 22.5. The fraction of sp³-hybridized carbons (Fsp3) is 0.154. The standard InChI is InChI=1S/C26H26N4O2/c1-30(2)16-15-27-25(31)19-11-8-12-20(17-19)28-24(18-9-4-3-5-10-18)23-21-13-6-7-14-22(21)29-26(23)32/h3-14,17,29,32H,15-16H2,1-2H3,(H,27,31). The first-order chi connectivity index (χ1) is 15.5. The number of para-hydroxylation sites is 1. The summed E-state index contributed by atoms with van der Waals surface area (Å²) in [5, 5.41) is 14.5. The summed E-state index contributed by atoms with van der Waals surface area (Å²) < 4.78 is 0. The SMILES string of the molecule is CN(C)CCNC(=O)c1cccc(N=C(c2ccccc2)c2c(O)[nH]c3ccccc23)c1. The van der Waals surface area contributed by atoms with Gasteiger partial charge in [0.15, 0.2) is 5.88 Å². The maximum atomic E-state index is 12.6. The van der Waals surface area contributed by atoms with Crippen LogP contribution in [0.15, 0.2) is 83.9 Å². The fourth-order valence-corrected chi connectivity index (χ4v) is 3.57. The molecule has 32 heavy (non-hydrogen) atoms. The summed E-state index contributed by atoms with van der Waals surface area (Å²) in [5.74, 6) is -0.0773. The van der Waals surface area contributed by atoms with Gasteiger partial charge in [0.05, 0.1) is 17.0 Å². The molecule has 3 aromatic carbocycles. The number of fused-ring (bicyclic) bond motifs is 1. The van der Waals surface area contributed by atoms with Crippen molar-refractivity contribution in [3.63, 3.8) is 0 Å². The molecular weight excluding hydrogens is 400 g/mol. The summed E-state index contributed by atoms with van der Waals surface area (Å²) >= 11 is 0. The first-order valence-corrected chi connectivity index (χ1v) is 10.5. The number of nitrogens with one attached hydrogen (secondary N) is 2. The number of benzene rings is 3. The number of aliphatic imine (C=N–C) groups is 1. The summed E-state index contributed by atoms with van der Waals surface area (Å²) in [5.41, 5.74) is 4.14. The van der Waals surface area contributed by atoms with Crippen LogP contribution < -0.4 is 5.32 Å². The third kappa shape index (κ3) is 4.71. The molecule has 1 aromatic heterocycles. The Bertz CT molecular complexity index is 1260. The number of nitrogens with zero attached hydrogens (tertiary/aromatic N) is 2. The molecule has 0 radical (unpaired) electrons. The summed E-state index contributed by atoms with van der Waals surface area (Å²) in [6.07, 6.45) is 0. The number of aromatic hydroxyl groups is 1. The Labute approximate surface area is 187 Å². The van der Waals surface area contributed by atoms with Gasteiger partial charge >= 0.3 is 0 Å². The molecule has 6 nitrogen and oxygen atoms in total. The number of H-pyrrole nitrogens is 1. The van der Waals surface area contributed by atoms with Gasteiger partial charge in [-0.05, 0) is 38.4 Å². The van der Waals surface area contributed by atoms with Gasteiger partial charge in [-0.15, -0.1) is 0 Å². The van der Waals surface area contributed by atoms with Crippen LogP contribution in [-0.2, 0) is 0 Å². The summed E-state index contributed by atoms with van der Waals surface area (Å²) in [6, 6.07) is 24.6. The van der Waals surface area contributed by atoms with E-state index in [9.17, 15) is 9.90 Å². The number of hydrogen-bond donors (Lipinski definition) is 3. The van der Waals surface area contributed by atoms with Crippen molar-refractivity contribution in [2.24, 2.45) is 4.99 Å². The first-order valence-electron chi connectivity index (χ1n) is 10.5. The minimum Gasteiger partial charge on any atom is -0.494 e. The molecule has 1 amide bonds. The first kappa shape index (κ1) is 21.3. The van der Waals surface area contributed by atoms with Crippen molar-refractivity contribution in [2.45, 2.75) is 0 Å². The normalized spacial score (nSPS) is 11.8. The van der Waals surface area contributed by atoms with Crippen LogP contribution in [0.1, 0.15) is 21.5 Å². The number of amides is 1. The van der Waals surface area contributed by atoms with Gasteiger partial charge in [-0.2, -0.15) is 0 Å². The number of carbonyl (C=O) groups is 1. The lowest BCUT2D eigenvalue weighted by Crippen LogP contribution is -2.31. The topological polar surface area (TPSA) is 80.7 Å². The Morgan fingerprint density at radius 2 is 1.69 bits per heavy atom. The second-order valence-corrected chi connectivity index (χ2v) is 7.83. The molecular formula is C26H26N4O2. The molecule has 6 heteroatoms. The summed E-state index contributed by atoms with van der Waals surface area (Å²) in [7, 11) is 3.93. The molecule has 0 saturated heterocycles. The number of hydrogen-bond acceptors (Lipinski definition) is 4. The van der Waals surface area contributed by atoms with Crippen LogP contribution in [0.2, 0.25) is 0 Å². The van der Waals surface area contributed by atoms with Gasteiger partial charge in [-0.25, -0.2) is 4.99 Å². The Hall–Kier alpha value is -3.90. The van der Waals surface area contributed by atoms with Crippen molar-refractivity contribution >= 4 is 28.2 Å². The van der Waals surface area contributed by atoms with Crippen molar-refractivity contribution in [3.05, 3.63) is 95.6 Å². The van der Waals surface area contributed by atoms with Gasteiger partial charge in [0.1, 0.15) is 0 Å². The summed E-state index contributed by atoms with van der Waals surface area (Å²) in [4.78, 5) is 22.5. The maximum Gasteiger partial charge on any atom is 0.251 e. The van der Waals surface area contributed by atoms with Crippen molar-refractivity contribution in [2.75, 3.05) is 27.2 Å². The zero-order valence-electron chi connectivity index (χ0n) is 18.2. The van der Waals surface area contributed by atoms with Crippen LogP contribution in [-0.4, -0.2) is 53.8 Å². The predicted molar refractivity (Wildman–Crippen MR) is 129 cm³/mol. The Morgan fingerprint density at radius 1 is 0.969 bits per heavy atom. The minimum atomic E-state index is -0.139. The third-order valence-corrected chi connectivity index (χ3v) is 5.16. The van der Waals surface area contributed by atoms with E-state index in [0.29, 0.717) is 29.1 Å². The van der Waals surface area contributed by atoms with Crippen molar-refractivity contribution < 1.29 is 9.90 Å². The van der Waals surface area contributed by atoms with Crippen molar-refractivity contribution in [3.8, 4) is 5.88 Å². The van der Waals surface area contributed by atoms with Crippen molar-refractivity contribution in [1.29, 1.82) is 0 Å². The quantitative estimate of drug-likeness (QED) is 0.385. The van der Waals surface area contributed by atoms with Crippen LogP contribution in [0.25, 0.3) is 10.9 Å². The largest absolute Gasteiger partial charge is 0.494 e. The highest BCUT2D eigenvalue weighted by molar-refractivity contribution is 6.21. The van der Waals surface area contributed by atoms with Gasteiger partial charge in [0.25, 0.3) is 5.91 Å². The molecule has 0 aliphatic rings. The van der Waals surface area contributed by atoms with Crippen LogP contribution in [0.4, 0.5) is 5.69 Å². The molecule has 162 valence electrons. The molecule has 0 bridgehead atoms. The lowest BCUT2D eigenvalue weighted by molar-refractivity contribution is 0.0951. The second kappa shape index (κ2) is 9.49. The van der Waals surface area contributed by atoms with E-state index in [0.717, 1.165) is 23.0 Å². The van der Waals surface area contributed by atoms with E-state index in [-0.39, 0.29) is 11.8 Å². The fourth-order valence-electron chi connectivity index (χ4n) is 3.57. The third-order valence-electron chi connectivity index (χ3n) is 5.16. The van der Waals surface area contributed by atoms with Crippen molar-refractivity contribution in [1.82, 2.24) is 15.2 Å². The van der Waals surface area contributed by atoms with Gasteiger partial charge < -0.3 is 20.3 Å². The number of carbonyl (C=O) groups excluding carboxylic acids is 1. The number of rotatable bonds is 7. The van der Waals surface area contributed by atoms with Crippen LogP contribution in [0.3, 0.4) is 0 Å². The van der Waals surface area contributed by atoms with E-state index in [1.54, 1.807) is 12.1 Å². The molecule has 1 heterocycles. The zero-order valence-corrected chi connectivity index (χ0v) is 18.2. The average Bonchev–Trinajstić information content (AvgIpc) is 3.13. The summed E-state index contributed by atoms with van der Waals surface area (Å²) in [6.45, 7) is 1.33. The molecule has 0 aliphatic heterocycles. The van der Waals surface area contributed by atoms with E-state index < -0.39 is 0 Å². The molecule has 0 unspecified atom stereocenters. The van der Waals surface area contributed by atoms with E-state index >= 15 is 0 Å². The van der Waals surface area contributed by atoms with Gasteiger partial charge in [-0.1, -0.05) is 54.6 Å². The van der Waals surface area contributed by atoms with Crippen LogP contribution >= 0.6 is 0 Å². The molecule has 3 N–H and O–H groups in total. The highest BCUT2D eigenvalue weighted by atomic mass is 16.3. The molecule has 0 atom stereocenters. The Kier molecular flexibility index (Phi) is 6.33. The van der Waals surface area contributed by atoms with Gasteiger partial charge in [0.2, 0.25) is 0 Å². The van der Waals surface area contributed by atoms with E-state index in [1.807, 2.05) is 85.7 Å². The predicted octanol–water partition coefficient (Wildman–Crippen LogP) is 4.33. The van der Waals surface area contributed by atoms with E-state index in [1.165, 1.54) is 0 Å². The number of aromatic amines is 1. The molecule has 0 fully saturated rings. The van der Waals surface area contributed by atoms with Gasteiger partial charge in [0, 0.05) is 35.1 Å². The lowest BCUT2D eigenvalue weighted by Gasteiger charge is -2.11. The monoisotopic (exact) mass is 426 g/mol. The smallest absolute Gasteiger partial charge is 0.251 e. The van der Waals surface area contributed by atoms with Gasteiger partial charge in [-0.3, -0.25) is 4.79 Å². The minimum absolute atomic E-state index is 0.0615. The van der Waals surface area contributed by atoms with E-state index in [4.69, 9.17) is 4.99 Å². The highest BCUT2D eigenvalue weighted by Crippen LogP contribution is 2.31.